The number of nitrogens with zero attached hydrogens (tertiary/aromatic N) is 8. The molecule has 12 heteroatoms. The minimum absolute atomic E-state index is 0.499. The van der Waals surface area contributed by atoms with Crippen molar-refractivity contribution in [1.29, 1.82) is 0 Å². The van der Waals surface area contributed by atoms with E-state index < -0.39 is 0 Å². The molecule has 0 saturated heterocycles. The molecule has 22 rings (SSSR count). The second kappa shape index (κ2) is 21.7. The van der Waals surface area contributed by atoms with Gasteiger partial charge in [0.25, 0.3) is 0 Å². The van der Waals surface area contributed by atoms with Crippen LogP contribution in [-0.4, -0.2) is 39.0 Å². The Hall–Kier alpha value is -14.1. The summed E-state index contributed by atoms with van der Waals surface area (Å²) in [7, 11) is 0. The van der Waals surface area contributed by atoms with Crippen molar-refractivity contribution in [2.75, 3.05) is 0 Å². The summed E-state index contributed by atoms with van der Waals surface area (Å²) in [5, 5.41) is 12.2. The average molecular weight is 1310 g/mol. The lowest BCUT2D eigenvalue weighted by atomic mass is 10.0. The van der Waals surface area contributed by atoms with Crippen LogP contribution in [-0.2, 0) is 0 Å². The molecule has 12 nitrogen and oxygen atoms in total. The summed E-state index contributed by atoms with van der Waals surface area (Å²) in [4.78, 5) is 31.6. The third kappa shape index (κ3) is 8.38. The van der Waals surface area contributed by atoms with Gasteiger partial charge in [-0.2, -0.15) is 0 Å². The van der Waals surface area contributed by atoms with E-state index in [2.05, 4.69) is 221 Å². The molecular weight excluding hydrogens is 1260 g/mol. The van der Waals surface area contributed by atoms with Crippen molar-refractivity contribution in [2.24, 2.45) is 0 Å². The Kier molecular flexibility index (Phi) is 11.9. The van der Waals surface area contributed by atoms with Crippen LogP contribution in [0.2, 0.25) is 0 Å². The van der Waals surface area contributed by atoms with Gasteiger partial charge in [0, 0.05) is 81.9 Å². The van der Waals surface area contributed by atoms with Gasteiger partial charge in [-0.05, 0) is 102 Å². The van der Waals surface area contributed by atoms with Crippen LogP contribution in [0.3, 0.4) is 0 Å². The standard InChI is InChI=1S/C90H50N8O4/c1-3-20-52(21-4-1)85-91-87(95-89(93-85)64-30-16-38-72-77(64)61-46-47-63-79-71(37-19-41-74(79)102-84(63)83(61)101-72)98-68-34-13-9-28-59(68)60-29-10-14-35-69(60)98)54-44-42-51(43-45-54)55-24-15-25-56(50-55)88-92-86(53-22-5-2-6-23-53)94-90(96-88)65-31-17-39-75-80(65)81-76(99-75)49-48-62-78-70(36-18-40-73(78)100-82(62)81)97-66-32-11-7-26-57(66)58-27-8-12-33-67(58)97/h1-50H. The first kappa shape index (κ1) is 56.0. The fraction of sp³-hybridized carbons (Fsp3) is 0. The van der Waals surface area contributed by atoms with E-state index in [9.17, 15) is 0 Å². The topological polar surface area (TPSA) is 140 Å². The molecule has 0 bridgehead atoms. The predicted octanol–water partition coefficient (Wildman–Crippen LogP) is 23.5. The zero-order valence-electron chi connectivity index (χ0n) is 54.1. The number of benzene rings is 14. The molecule has 0 aliphatic carbocycles. The number of rotatable bonds is 9. The molecule has 14 aromatic carbocycles. The molecule has 0 spiro atoms. The minimum Gasteiger partial charge on any atom is -0.456 e. The van der Waals surface area contributed by atoms with Gasteiger partial charge in [-0.25, -0.2) is 29.9 Å². The Labute approximate surface area is 578 Å². The maximum absolute atomic E-state index is 7.03. The molecule has 0 atom stereocenters. The Morgan fingerprint density at radius 1 is 0.196 bits per heavy atom. The smallest absolute Gasteiger partial charge is 0.178 e. The molecule has 0 amide bonds. The molecule has 0 N–H and O–H groups in total. The van der Waals surface area contributed by atoms with Gasteiger partial charge in [0.15, 0.2) is 46.1 Å². The Morgan fingerprint density at radius 3 is 1.06 bits per heavy atom. The summed E-state index contributed by atoms with van der Waals surface area (Å²) in [5.74, 6) is 3.14. The van der Waals surface area contributed by atoms with Gasteiger partial charge in [0.2, 0.25) is 0 Å². The van der Waals surface area contributed by atoms with Crippen LogP contribution in [0.4, 0.5) is 0 Å². The third-order valence-corrected chi connectivity index (χ3v) is 20.3. The van der Waals surface area contributed by atoms with Crippen molar-refractivity contribution in [1.82, 2.24) is 39.0 Å². The number of hydrogen-bond acceptors (Lipinski definition) is 10. The van der Waals surface area contributed by atoms with Crippen molar-refractivity contribution in [3.63, 3.8) is 0 Å². The average Bonchev–Trinajstić information content (AvgIpc) is 1.56. The van der Waals surface area contributed by atoms with Crippen molar-refractivity contribution >= 4 is 131 Å². The Bertz CT molecular complexity index is 7160. The largest absolute Gasteiger partial charge is 0.456 e. The van der Waals surface area contributed by atoms with Crippen LogP contribution < -0.4 is 0 Å². The summed E-state index contributed by atoms with van der Waals surface area (Å²) < 4.78 is 32.2. The molecule has 0 unspecified atom stereocenters. The van der Waals surface area contributed by atoms with E-state index in [0.717, 1.165) is 138 Å². The van der Waals surface area contributed by atoms with Crippen molar-refractivity contribution in [3.8, 4) is 90.8 Å². The zero-order valence-corrected chi connectivity index (χ0v) is 54.1. The second-order valence-corrected chi connectivity index (χ2v) is 25.9. The van der Waals surface area contributed by atoms with Crippen LogP contribution in [0.15, 0.2) is 321 Å². The normalized spacial score (nSPS) is 12.1. The van der Waals surface area contributed by atoms with Crippen LogP contribution in [0.1, 0.15) is 0 Å². The molecule has 8 heterocycles. The van der Waals surface area contributed by atoms with Crippen LogP contribution in [0.25, 0.3) is 222 Å². The summed E-state index contributed by atoms with van der Waals surface area (Å²) in [6, 6.07) is 104. The Balaban J connectivity index is 0.641. The van der Waals surface area contributed by atoms with Gasteiger partial charge >= 0.3 is 0 Å². The van der Waals surface area contributed by atoms with Gasteiger partial charge in [0.1, 0.15) is 33.5 Å². The fourth-order valence-corrected chi connectivity index (χ4v) is 15.8. The number of furan rings is 4. The molecule has 8 aromatic heterocycles. The minimum atomic E-state index is 0.499. The first-order valence-electron chi connectivity index (χ1n) is 34.0. The summed E-state index contributed by atoms with van der Waals surface area (Å²) in [6.07, 6.45) is 0. The van der Waals surface area contributed by atoms with Gasteiger partial charge in [-0.15, -0.1) is 0 Å². The highest BCUT2D eigenvalue weighted by Crippen LogP contribution is 2.48. The lowest BCUT2D eigenvalue weighted by Crippen LogP contribution is -2.00. The van der Waals surface area contributed by atoms with Crippen LogP contribution >= 0.6 is 0 Å². The number of aromatic nitrogens is 8. The zero-order chi connectivity index (χ0) is 66.7. The molecule has 102 heavy (non-hydrogen) atoms. The number of fused-ring (bicyclic) bond motifs is 20. The summed E-state index contributed by atoms with van der Waals surface area (Å²) in [5.41, 5.74) is 19.2. The molecule has 474 valence electrons. The van der Waals surface area contributed by atoms with Gasteiger partial charge in [-0.1, -0.05) is 212 Å². The molecule has 0 radical (unpaired) electrons. The SMILES string of the molecule is c1ccc(-c2nc(-c3ccc(-c4cccc(-c5nc(-c6ccccc6)nc(-c6cccc7oc8ccc9c(oc%10cccc(-n%11c%12ccccc%12c%12ccccc%12%11)c%109)c8c67)n5)c4)cc3)nc(-c3cccc4oc5c(ccc6c5oc5cccc(-n7c8ccccc8c8ccccc87)c56)c34)n2)cc1. The van der Waals surface area contributed by atoms with E-state index in [1.807, 2.05) is 91.0 Å². The van der Waals surface area contributed by atoms with Gasteiger partial charge < -0.3 is 26.8 Å². The third-order valence-electron chi connectivity index (χ3n) is 20.3. The van der Waals surface area contributed by atoms with E-state index >= 15 is 0 Å². The molecule has 0 fully saturated rings. The highest BCUT2D eigenvalue weighted by atomic mass is 16.4. The monoisotopic (exact) mass is 1310 g/mol. The lowest BCUT2D eigenvalue weighted by molar-refractivity contribution is 0.633. The number of hydrogen-bond donors (Lipinski definition) is 0. The molecule has 0 aliphatic rings. The van der Waals surface area contributed by atoms with Crippen molar-refractivity contribution < 1.29 is 17.7 Å². The predicted molar refractivity (Wildman–Crippen MR) is 409 cm³/mol. The van der Waals surface area contributed by atoms with Crippen LogP contribution in [0.5, 0.6) is 0 Å². The van der Waals surface area contributed by atoms with Gasteiger partial charge in [0.05, 0.1) is 49.6 Å². The van der Waals surface area contributed by atoms with Crippen molar-refractivity contribution in [3.05, 3.63) is 303 Å². The van der Waals surface area contributed by atoms with E-state index in [1.54, 1.807) is 0 Å². The quantitative estimate of drug-likeness (QED) is 0.137. The van der Waals surface area contributed by atoms with E-state index in [4.69, 9.17) is 47.6 Å². The molecular formula is C90H50N8O4. The lowest BCUT2D eigenvalue weighted by Gasteiger charge is -2.11. The molecule has 0 saturated carbocycles. The molecule has 0 aliphatic heterocycles. The van der Waals surface area contributed by atoms with E-state index in [-0.39, 0.29) is 0 Å². The highest BCUT2D eigenvalue weighted by Gasteiger charge is 2.27. The Morgan fingerprint density at radius 2 is 0.539 bits per heavy atom. The van der Waals surface area contributed by atoms with E-state index in [1.165, 1.54) is 21.5 Å². The first-order valence-corrected chi connectivity index (χ1v) is 34.0. The van der Waals surface area contributed by atoms with Crippen LogP contribution in [0, 0.1) is 0 Å². The second-order valence-electron chi connectivity index (χ2n) is 25.9. The summed E-state index contributed by atoms with van der Waals surface area (Å²) in [6.45, 7) is 0. The van der Waals surface area contributed by atoms with Gasteiger partial charge in [-0.3, -0.25) is 0 Å². The first-order chi connectivity index (χ1) is 50.6. The van der Waals surface area contributed by atoms with E-state index in [0.29, 0.717) is 62.9 Å². The maximum Gasteiger partial charge on any atom is 0.178 e. The van der Waals surface area contributed by atoms with Crippen molar-refractivity contribution in [2.45, 2.75) is 0 Å². The maximum atomic E-state index is 7.03. The molecule has 22 aromatic rings. The number of para-hydroxylation sites is 4. The summed E-state index contributed by atoms with van der Waals surface area (Å²) >= 11 is 0. The highest BCUT2D eigenvalue weighted by molar-refractivity contribution is 6.27. The fourth-order valence-electron chi connectivity index (χ4n) is 15.8.